The minimum atomic E-state index is -0.792. The average molecular weight is 1050 g/mol. The molecule has 0 heterocycles. The molecule has 434 valence electrons. The summed E-state index contributed by atoms with van der Waals surface area (Å²) in [4.78, 5) is 38.3. The molecule has 0 aromatic carbocycles. The Hall–Kier alpha value is -3.15. The molecule has 0 N–H and O–H groups in total. The summed E-state index contributed by atoms with van der Waals surface area (Å²) in [5.74, 6) is -0.906. The van der Waals surface area contributed by atoms with Crippen LogP contribution in [0.2, 0.25) is 0 Å². The fourth-order valence-corrected chi connectivity index (χ4v) is 9.31. The van der Waals surface area contributed by atoms with Crippen molar-refractivity contribution in [2.45, 2.75) is 335 Å². The van der Waals surface area contributed by atoms with Crippen molar-refractivity contribution < 1.29 is 28.6 Å². The smallest absolute Gasteiger partial charge is 0.306 e. The molecule has 0 bridgehead atoms. The van der Waals surface area contributed by atoms with E-state index in [4.69, 9.17) is 14.2 Å². The van der Waals surface area contributed by atoms with E-state index in [9.17, 15) is 14.4 Å². The highest BCUT2D eigenvalue weighted by Gasteiger charge is 2.19. The predicted molar refractivity (Wildman–Crippen MR) is 325 cm³/mol. The summed E-state index contributed by atoms with van der Waals surface area (Å²) >= 11 is 0. The van der Waals surface area contributed by atoms with Crippen LogP contribution in [-0.4, -0.2) is 37.2 Å². The van der Waals surface area contributed by atoms with Crippen LogP contribution in [0.1, 0.15) is 329 Å². The maximum absolute atomic E-state index is 12.9. The van der Waals surface area contributed by atoms with Gasteiger partial charge in [-0.2, -0.15) is 0 Å². The number of carbonyl (C=O) groups is 3. The molecule has 0 spiro atoms. The maximum atomic E-state index is 12.9. The molecule has 0 aromatic heterocycles. The fourth-order valence-electron chi connectivity index (χ4n) is 9.31. The van der Waals surface area contributed by atoms with Gasteiger partial charge in [0.2, 0.25) is 0 Å². The molecule has 0 fully saturated rings. The number of carbonyl (C=O) groups excluding carboxylic acids is 3. The number of rotatable bonds is 59. The van der Waals surface area contributed by atoms with Crippen molar-refractivity contribution in [3.05, 3.63) is 72.9 Å². The third kappa shape index (κ3) is 61.6. The maximum Gasteiger partial charge on any atom is 0.306 e. The topological polar surface area (TPSA) is 78.9 Å². The highest BCUT2D eigenvalue weighted by molar-refractivity contribution is 5.71. The highest BCUT2D eigenvalue weighted by atomic mass is 16.6. The van der Waals surface area contributed by atoms with E-state index in [0.29, 0.717) is 19.3 Å². The Morgan fingerprint density at radius 2 is 0.520 bits per heavy atom. The monoisotopic (exact) mass is 1050 g/mol. The predicted octanol–water partition coefficient (Wildman–Crippen LogP) is 22.1. The minimum absolute atomic E-state index is 0.0861. The Kier molecular flexibility index (Phi) is 60.7. The molecule has 0 radical (unpaired) electrons. The molecule has 1 atom stereocenters. The first kappa shape index (κ1) is 71.8. The van der Waals surface area contributed by atoms with E-state index in [1.807, 2.05) is 0 Å². The van der Waals surface area contributed by atoms with Crippen molar-refractivity contribution in [3.8, 4) is 0 Å². The van der Waals surface area contributed by atoms with Gasteiger partial charge >= 0.3 is 17.9 Å². The molecule has 1 unspecified atom stereocenters. The van der Waals surface area contributed by atoms with E-state index in [1.165, 1.54) is 186 Å². The first-order valence-corrected chi connectivity index (χ1v) is 32.4. The third-order valence-electron chi connectivity index (χ3n) is 14.2. The Labute approximate surface area is 465 Å². The number of unbranched alkanes of at least 4 members (excludes halogenated alkanes) is 36. The van der Waals surface area contributed by atoms with Crippen molar-refractivity contribution in [3.63, 3.8) is 0 Å². The summed E-state index contributed by atoms with van der Waals surface area (Å²) in [7, 11) is 0. The Bertz CT molecular complexity index is 1390. The largest absolute Gasteiger partial charge is 0.462 e. The summed E-state index contributed by atoms with van der Waals surface area (Å²) in [6, 6.07) is 0. The second-order valence-corrected chi connectivity index (χ2v) is 21.6. The van der Waals surface area contributed by atoms with Crippen molar-refractivity contribution in [2.75, 3.05) is 13.2 Å². The zero-order valence-corrected chi connectivity index (χ0v) is 49.8. The highest BCUT2D eigenvalue weighted by Crippen LogP contribution is 2.17. The fraction of sp³-hybridized carbons (Fsp3) is 0.783. The van der Waals surface area contributed by atoms with Crippen LogP contribution in [0.3, 0.4) is 0 Å². The number of allylic oxidation sites excluding steroid dienone is 12. The van der Waals surface area contributed by atoms with E-state index >= 15 is 0 Å². The lowest BCUT2D eigenvalue weighted by atomic mass is 10.0. The Morgan fingerprint density at radius 3 is 0.840 bits per heavy atom. The van der Waals surface area contributed by atoms with Gasteiger partial charge in [-0.1, -0.05) is 273 Å². The van der Waals surface area contributed by atoms with Crippen LogP contribution in [0.4, 0.5) is 0 Å². The SMILES string of the molecule is CC/C=C\C/C=C\C/C=C\C/C=C\CCCCCCC(=O)OC(COC(=O)CCCCCCC/C=C\CCCCCC)COC(=O)CCCCCCCCCCCCCCCCC/C=C\CCCCCCCCCC. The molecule has 75 heavy (non-hydrogen) atoms. The lowest BCUT2D eigenvalue weighted by Crippen LogP contribution is -2.30. The van der Waals surface area contributed by atoms with Gasteiger partial charge in [0, 0.05) is 19.3 Å². The Balaban J connectivity index is 4.26. The molecule has 0 aliphatic carbocycles. The molecule has 0 rings (SSSR count). The number of ether oxygens (including phenoxy) is 3. The number of hydrogen-bond donors (Lipinski definition) is 0. The van der Waals surface area contributed by atoms with Crippen molar-refractivity contribution in [1.82, 2.24) is 0 Å². The summed E-state index contributed by atoms with van der Waals surface area (Å²) in [6.45, 7) is 6.52. The Morgan fingerprint density at radius 1 is 0.280 bits per heavy atom. The van der Waals surface area contributed by atoms with Crippen LogP contribution >= 0.6 is 0 Å². The number of hydrogen-bond acceptors (Lipinski definition) is 6. The van der Waals surface area contributed by atoms with E-state index in [-0.39, 0.29) is 31.1 Å². The van der Waals surface area contributed by atoms with Gasteiger partial charge in [0.15, 0.2) is 6.10 Å². The van der Waals surface area contributed by atoms with Crippen LogP contribution in [0.5, 0.6) is 0 Å². The molecule has 0 aliphatic rings. The standard InChI is InChI=1S/C69H122O6/c1-4-7-10-13-16-19-22-25-27-29-30-31-32-33-34-35-36-37-38-40-41-44-47-50-53-56-59-62-68(71)74-65-66(64-73-67(70)61-58-55-52-49-46-43-24-21-18-15-12-9-6-3)75-69(72)63-60-57-54-51-48-45-42-39-28-26-23-20-17-14-11-8-5-2/h8,11,17,20-21,24,26,28-30,42,45,66H,4-7,9-10,12-16,18-19,22-23,25,27,31-41,43-44,46-65H2,1-3H3/b11-8-,20-17-,24-21-,28-26-,30-29-,45-42-. The normalized spacial score (nSPS) is 12.5. The molecule has 0 aliphatic heterocycles. The lowest BCUT2D eigenvalue weighted by molar-refractivity contribution is -0.167. The lowest BCUT2D eigenvalue weighted by Gasteiger charge is -2.18. The molecule has 0 amide bonds. The van der Waals surface area contributed by atoms with Gasteiger partial charge in [-0.05, 0) is 109 Å². The van der Waals surface area contributed by atoms with E-state index in [1.54, 1.807) is 0 Å². The van der Waals surface area contributed by atoms with Gasteiger partial charge in [0.1, 0.15) is 13.2 Å². The molecule has 0 saturated carbocycles. The van der Waals surface area contributed by atoms with Crippen LogP contribution in [-0.2, 0) is 28.6 Å². The molecular weight excluding hydrogens is 925 g/mol. The van der Waals surface area contributed by atoms with Crippen molar-refractivity contribution in [2.24, 2.45) is 0 Å². The first-order chi connectivity index (χ1) is 37.0. The summed E-state index contributed by atoms with van der Waals surface area (Å²) in [6.07, 6.45) is 82.1. The summed E-state index contributed by atoms with van der Waals surface area (Å²) < 4.78 is 16.9. The minimum Gasteiger partial charge on any atom is -0.462 e. The van der Waals surface area contributed by atoms with Crippen LogP contribution in [0.25, 0.3) is 0 Å². The second-order valence-electron chi connectivity index (χ2n) is 21.6. The second kappa shape index (κ2) is 63.4. The quantitative estimate of drug-likeness (QED) is 0.0261. The van der Waals surface area contributed by atoms with Crippen molar-refractivity contribution >= 4 is 17.9 Å². The van der Waals surface area contributed by atoms with Crippen LogP contribution in [0, 0.1) is 0 Å². The molecule has 0 saturated heterocycles. The van der Waals surface area contributed by atoms with Crippen LogP contribution in [0.15, 0.2) is 72.9 Å². The van der Waals surface area contributed by atoms with E-state index in [2.05, 4.69) is 93.7 Å². The van der Waals surface area contributed by atoms with Gasteiger partial charge in [-0.25, -0.2) is 0 Å². The van der Waals surface area contributed by atoms with Gasteiger partial charge in [-0.15, -0.1) is 0 Å². The molecule has 6 heteroatoms. The molecule has 6 nitrogen and oxygen atoms in total. The first-order valence-electron chi connectivity index (χ1n) is 32.4. The van der Waals surface area contributed by atoms with Gasteiger partial charge < -0.3 is 14.2 Å². The van der Waals surface area contributed by atoms with Crippen LogP contribution < -0.4 is 0 Å². The zero-order chi connectivity index (χ0) is 54.3. The van der Waals surface area contributed by atoms with E-state index < -0.39 is 6.10 Å². The molecular formula is C69H122O6. The van der Waals surface area contributed by atoms with Gasteiger partial charge in [0.05, 0.1) is 0 Å². The van der Waals surface area contributed by atoms with Crippen molar-refractivity contribution in [1.29, 1.82) is 0 Å². The number of esters is 3. The molecule has 0 aromatic rings. The van der Waals surface area contributed by atoms with Gasteiger partial charge in [0.25, 0.3) is 0 Å². The average Bonchev–Trinajstić information content (AvgIpc) is 3.41. The summed E-state index contributed by atoms with van der Waals surface area (Å²) in [5.41, 5.74) is 0. The summed E-state index contributed by atoms with van der Waals surface area (Å²) in [5, 5.41) is 0. The van der Waals surface area contributed by atoms with E-state index in [0.717, 1.165) is 103 Å². The van der Waals surface area contributed by atoms with Gasteiger partial charge in [-0.3, -0.25) is 14.4 Å². The third-order valence-corrected chi connectivity index (χ3v) is 14.2. The zero-order valence-electron chi connectivity index (χ0n) is 49.8.